The van der Waals surface area contributed by atoms with Crippen molar-refractivity contribution in [2.24, 2.45) is 5.73 Å². The lowest BCUT2D eigenvalue weighted by atomic mass is 10.2. The number of benzene rings is 1. The SMILES string of the molecule is NC/C=C/CNC(=O)c1ccc(F)cc1I. The van der Waals surface area contributed by atoms with Gasteiger partial charge < -0.3 is 11.1 Å². The first-order valence-electron chi connectivity index (χ1n) is 4.73. The molecule has 0 unspecified atom stereocenters. The average molecular weight is 334 g/mol. The van der Waals surface area contributed by atoms with Gasteiger partial charge in [-0.25, -0.2) is 4.39 Å². The van der Waals surface area contributed by atoms with Gasteiger partial charge in [-0.15, -0.1) is 0 Å². The molecule has 1 rings (SSSR count). The zero-order valence-electron chi connectivity index (χ0n) is 8.54. The second-order valence-electron chi connectivity index (χ2n) is 3.04. The molecule has 1 aromatic rings. The Balaban J connectivity index is 2.63. The van der Waals surface area contributed by atoms with Gasteiger partial charge in [-0.2, -0.15) is 0 Å². The molecule has 0 heterocycles. The van der Waals surface area contributed by atoms with E-state index in [0.717, 1.165) is 0 Å². The fraction of sp³-hybridized carbons (Fsp3) is 0.182. The highest BCUT2D eigenvalue weighted by Gasteiger charge is 2.08. The summed E-state index contributed by atoms with van der Waals surface area (Å²) in [4.78, 5) is 11.6. The third kappa shape index (κ3) is 3.90. The molecule has 86 valence electrons. The lowest BCUT2D eigenvalue weighted by Crippen LogP contribution is -2.24. The van der Waals surface area contributed by atoms with Crippen LogP contribution in [0.4, 0.5) is 4.39 Å². The van der Waals surface area contributed by atoms with Crippen LogP contribution in [-0.4, -0.2) is 19.0 Å². The second-order valence-corrected chi connectivity index (χ2v) is 4.20. The quantitative estimate of drug-likeness (QED) is 0.650. The highest BCUT2D eigenvalue weighted by atomic mass is 127. The van der Waals surface area contributed by atoms with E-state index in [2.05, 4.69) is 5.32 Å². The Hall–Kier alpha value is -0.950. The monoisotopic (exact) mass is 334 g/mol. The number of nitrogens with two attached hydrogens (primary N) is 1. The Labute approximate surface area is 107 Å². The fourth-order valence-corrected chi connectivity index (χ4v) is 1.82. The predicted molar refractivity (Wildman–Crippen MR) is 69.6 cm³/mol. The molecule has 0 saturated heterocycles. The van der Waals surface area contributed by atoms with Crippen LogP contribution in [0.15, 0.2) is 30.4 Å². The maximum absolute atomic E-state index is 12.8. The van der Waals surface area contributed by atoms with Gasteiger partial charge in [0.2, 0.25) is 0 Å². The standard InChI is InChI=1S/C11H12FIN2O/c12-8-3-4-9(10(13)7-8)11(16)15-6-2-1-5-14/h1-4,7H,5-6,14H2,(H,15,16)/b2-1+. The molecule has 0 bridgehead atoms. The van der Waals surface area contributed by atoms with E-state index in [1.807, 2.05) is 22.6 Å². The summed E-state index contributed by atoms with van der Waals surface area (Å²) in [6.45, 7) is 0.868. The van der Waals surface area contributed by atoms with Crippen molar-refractivity contribution in [1.29, 1.82) is 0 Å². The Morgan fingerprint density at radius 1 is 1.50 bits per heavy atom. The molecule has 5 heteroatoms. The van der Waals surface area contributed by atoms with Crippen LogP contribution in [0.5, 0.6) is 0 Å². The molecule has 0 aromatic heterocycles. The number of carbonyl (C=O) groups excluding carboxylic acids is 1. The molecule has 3 nitrogen and oxygen atoms in total. The van der Waals surface area contributed by atoms with Crippen LogP contribution >= 0.6 is 22.6 Å². The van der Waals surface area contributed by atoms with Crippen molar-refractivity contribution in [3.8, 4) is 0 Å². The molecule has 0 aliphatic carbocycles. The first-order chi connectivity index (χ1) is 7.65. The minimum Gasteiger partial charge on any atom is -0.349 e. The highest BCUT2D eigenvalue weighted by molar-refractivity contribution is 14.1. The van der Waals surface area contributed by atoms with Gasteiger partial charge in [0.15, 0.2) is 0 Å². The molecule has 3 N–H and O–H groups in total. The van der Waals surface area contributed by atoms with Crippen LogP contribution in [0.2, 0.25) is 0 Å². The van der Waals surface area contributed by atoms with E-state index >= 15 is 0 Å². The Bertz CT molecular complexity index is 407. The summed E-state index contributed by atoms with van der Waals surface area (Å²) in [6.07, 6.45) is 3.53. The molecule has 0 atom stereocenters. The third-order valence-corrected chi connectivity index (χ3v) is 2.75. The van der Waals surface area contributed by atoms with Gasteiger partial charge in [-0.05, 0) is 40.8 Å². The summed E-state index contributed by atoms with van der Waals surface area (Å²) in [6, 6.07) is 4.07. The first kappa shape index (κ1) is 13.1. The van der Waals surface area contributed by atoms with E-state index in [1.165, 1.54) is 18.2 Å². The average Bonchev–Trinajstić information content (AvgIpc) is 2.24. The summed E-state index contributed by atoms with van der Waals surface area (Å²) < 4.78 is 13.4. The first-order valence-corrected chi connectivity index (χ1v) is 5.81. The van der Waals surface area contributed by atoms with Gasteiger partial charge in [0.1, 0.15) is 5.82 Å². The largest absolute Gasteiger partial charge is 0.349 e. The van der Waals surface area contributed by atoms with Gasteiger partial charge in [-0.3, -0.25) is 4.79 Å². The molecule has 0 saturated carbocycles. The predicted octanol–water partition coefficient (Wildman–Crippen LogP) is 1.67. The van der Waals surface area contributed by atoms with Crippen molar-refractivity contribution >= 4 is 28.5 Å². The van der Waals surface area contributed by atoms with Crippen molar-refractivity contribution in [1.82, 2.24) is 5.32 Å². The topological polar surface area (TPSA) is 55.1 Å². The van der Waals surface area contributed by atoms with Crippen LogP contribution in [-0.2, 0) is 0 Å². The Kier molecular flexibility index (Phi) is 5.41. The zero-order chi connectivity index (χ0) is 12.0. The number of amides is 1. The van der Waals surface area contributed by atoms with Crippen LogP contribution < -0.4 is 11.1 Å². The van der Waals surface area contributed by atoms with E-state index in [0.29, 0.717) is 22.2 Å². The second kappa shape index (κ2) is 6.59. The maximum atomic E-state index is 12.8. The highest BCUT2D eigenvalue weighted by Crippen LogP contribution is 2.13. The maximum Gasteiger partial charge on any atom is 0.252 e. The van der Waals surface area contributed by atoms with E-state index in [1.54, 1.807) is 12.2 Å². The van der Waals surface area contributed by atoms with Crippen molar-refractivity contribution in [2.45, 2.75) is 0 Å². The molecule has 1 aromatic carbocycles. The van der Waals surface area contributed by atoms with E-state index in [4.69, 9.17) is 5.73 Å². The van der Waals surface area contributed by atoms with Gasteiger partial charge in [0, 0.05) is 16.7 Å². The molecule has 0 aliphatic heterocycles. The lowest BCUT2D eigenvalue weighted by Gasteiger charge is -2.04. The van der Waals surface area contributed by atoms with E-state index in [9.17, 15) is 9.18 Å². The summed E-state index contributed by atoms with van der Waals surface area (Å²) in [5.41, 5.74) is 5.73. The number of hydrogen-bond acceptors (Lipinski definition) is 2. The van der Waals surface area contributed by atoms with E-state index < -0.39 is 0 Å². The summed E-state index contributed by atoms with van der Waals surface area (Å²) >= 11 is 1.93. The molecule has 16 heavy (non-hydrogen) atoms. The van der Waals surface area contributed by atoms with Gasteiger partial charge >= 0.3 is 0 Å². The molecule has 1 amide bonds. The normalized spacial score (nSPS) is 10.7. The van der Waals surface area contributed by atoms with Gasteiger partial charge in [0.05, 0.1) is 5.56 Å². The van der Waals surface area contributed by atoms with Gasteiger partial charge in [0.25, 0.3) is 5.91 Å². The Morgan fingerprint density at radius 3 is 2.88 bits per heavy atom. The molecule has 0 radical (unpaired) electrons. The minimum absolute atomic E-state index is 0.217. The van der Waals surface area contributed by atoms with Gasteiger partial charge in [-0.1, -0.05) is 12.2 Å². The zero-order valence-corrected chi connectivity index (χ0v) is 10.7. The smallest absolute Gasteiger partial charge is 0.252 e. The Morgan fingerprint density at radius 2 is 2.25 bits per heavy atom. The fourth-order valence-electron chi connectivity index (χ4n) is 1.10. The molecule has 0 fully saturated rings. The summed E-state index contributed by atoms with van der Waals surface area (Å²) in [5, 5.41) is 2.69. The summed E-state index contributed by atoms with van der Waals surface area (Å²) in [7, 11) is 0. The van der Waals surface area contributed by atoms with Crippen LogP contribution in [0.25, 0.3) is 0 Å². The van der Waals surface area contributed by atoms with Crippen molar-refractivity contribution in [3.63, 3.8) is 0 Å². The minimum atomic E-state index is -0.344. The van der Waals surface area contributed by atoms with E-state index in [-0.39, 0.29) is 11.7 Å². The van der Waals surface area contributed by atoms with Crippen LogP contribution in [0.1, 0.15) is 10.4 Å². The molecular weight excluding hydrogens is 322 g/mol. The number of carbonyl (C=O) groups is 1. The molecule has 0 aliphatic rings. The molecular formula is C11H12FIN2O. The number of hydrogen-bond donors (Lipinski definition) is 2. The third-order valence-electron chi connectivity index (χ3n) is 1.86. The van der Waals surface area contributed by atoms with Crippen molar-refractivity contribution in [2.75, 3.05) is 13.1 Å². The van der Waals surface area contributed by atoms with Crippen molar-refractivity contribution in [3.05, 3.63) is 45.3 Å². The number of rotatable bonds is 4. The van der Waals surface area contributed by atoms with Crippen LogP contribution in [0, 0.1) is 9.39 Å². The number of nitrogens with one attached hydrogen (secondary N) is 1. The summed E-state index contributed by atoms with van der Waals surface area (Å²) in [5.74, 6) is -0.560. The number of halogens is 2. The van der Waals surface area contributed by atoms with Crippen molar-refractivity contribution < 1.29 is 9.18 Å². The molecule has 0 spiro atoms. The van der Waals surface area contributed by atoms with Crippen LogP contribution in [0.3, 0.4) is 0 Å². The lowest BCUT2D eigenvalue weighted by molar-refractivity contribution is 0.0957.